The molecular weight excluding hydrogens is 594 g/mol. The lowest BCUT2D eigenvalue weighted by Gasteiger charge is -2.59. The predicted molar refractivity (Wildman–Crippen MR) is 135 cm³/mol. The molecule has 5 rings (SSSR count). The van der Waals surface area contributed by atoms with Crippen molar-refractivity contribution in [3.63, 3.8) is 0 Å². The van der Waals surface area contributed by atoms with Gasteiger partial charge in [-0.2, -0.15) is 13.2 Å². The molecule has 2 heterocycles. The van der Waals surface area contributed by atoms with Crippen molar-refractivity contribution < 1.29 is 54.2 Å². The summed E-state index contributed by atoms with van der Waals surface area (Å²) in [5.41, 5.74) is -1.94. The molecule has 1 amide bonds. The molecule has 1 atom stereocenters. The number of benzene rings is 3. The van der Waals surface area contributed by atoms with Crippen LogP contribution in [0.5, 0.6) is 5.75 Å². The molecule has 228 valence electrons. The molecule has 0 saturated carbocycles. The van der Waals surface area contributed by atoms with Crippen LogP contribution in [0.15, 0.2) is 60.7 Å². The molecule has 7 nitrogen and oxygen atoms in total. The van der Waals surface area contributed by atoms with Gasteiger partial charge in [-0.15, -0.1) is 13.2 Å². The maximum Gasteiger partial charge on any atom is 0.573 e. The molecule has 0 aliphatic carbocycles. The summed E-state index contributed by atoms with van der Waals surface area (Å²) in [7, 11) is 0. The van der Waals surface area contributed by atoms with Crippen molar-refractivity contribution in [2.45, 2.75) is 31.2 Å². The highest BCUT2D eigenvalue weighted by Crippen LogP contribution is 2.47. The highest BCUT2D eigenvalue weighted by atomic mass is 19.4. The van der Waals surface area contributed by atoms with Crippen LogP contribution in [0.1, 0.15) is 39.2 Å². The number of amides is 1. The molecule has 1 N–H and O–H groups in total. The average molecular weight is 615 g/mol. The van der Waals surface area contributed by atoms with Crippen molar-refractivity contribution in [3.8, 4) is 5.75 Å². The van der Waals surface area contributed by atoms with Crippen LogP contribution in [0.3, 0.4) is 0 Å². The Kier molecular flexibility index (Phi) is 7.48. The lowest BCUT2D eigenvalue weighted by molar-refractivity contribution is -0.274. The summed E-state index contributed by atoms with van der Waals surface area (Å²) in [6.07, 6.45) is -9.93. The summed E-state index contributed by atoms with van der Waals surface area (Å²) >= 11 is 0. The molecule has 1 saturated heterocycles. The van der Waals surface area contributed by atoms with Crippen LogP contribution in [0.4, 0.5) is 46.5 Å². The Balaban J connectivity index is 1.54. The molecule has 2 aliphatic rings. The third kappa shape index (κ3) is 5.81. The van der Waals surface area contributed by atoms with Gasteiger partial charge in [0.2, 0.25) is 0 Å². The maximum atomic E-state index is 14.3. The Morgan fingerprint density at radius 2 is 1.63 bits per heavy atom. The number of alkyl halides is 6. The molecule has 0 radical (unpaired) electrons. The monoisotopic (exact) mass is 615 g/mol. The van der Waals surface area contributed by atoms with Gasteiger partial charge in [0, 0.05) is 24.5 Å². The first-order valence-electron chi connectivity index (χ1n) is 12.7. The number of fused-ring (bicyclic) bond motifs is 1. The summed E-state index contributed by atoms with van der Waals surface area (Å²) < 4.78 is 117. The number of ether oxygens (including phenoxy) is 2. The van der Waals surface area contributed by atoms with E-state index in [0.717, 1.165) is 40.1 Å². The Morgan fingerprint density at radius 3 is 2.21 bits per heavy atom. The summed E-state index contributed by atoms with van der Waals surface area (Å²) in [6.45, 7) is 0.631. The SMILES string of the molecule is CCOC(=O)c1ccc2c(c1)NC1(CN(C(c3ccc(F)c(F)c3)C(F)(F)F)C1)N(c1ccc(OC(F)(F)F)cc1)C2=O. The standard InChI is InChI=1S/C28H21F8N3O4/c1-2-42-25(41)16-3-9-19-22(12-16)37-26(39(24(19)40)17-5-7-18(8-6-17)43-28(34,35)36)13-38(14-26)23(27(31,32)33)15-4-10-20(29)21(30)11-15/h3-12,23,37H,2,13-14H2,1H3. The van der Waals surface area contributed by atoms with Crippen molar-refractivity contribution in [2.24, 2.45) is 0 Å². The topological polar surface area (TPSA) is 71.1 Å². The Morgan fingerprint density at radius 1 is 0.953 bits per heavy atom. The fraction of sp³-hybridized carbons (Fsp3) is 0.286. The van der Waals surface area contributed by atoms with Gasteiger partial charge in [0.1, 0.15) is 17.5 Å². The van der Waals surface area contributed by atoms with Crippen molar-refractivity contribution in [2.75, 3.05) is 29.9 Å². The number of anilines is 2. The average Bonchev–Trinajstić information content (AvgIpc) is 2.89. The van der Waals surface area contributed by atoms with Crippen molar-refractivity contribution in [1.82, 2.24) is 4.90 Å². The fourth-order valence-electron chi connectivity index (χ4n) is 5.28. The van der Waals surface area contributed by atoms with E-state index in [1.165, 1.54) is 18.2 Å². The zero-order chi connectivity index (χ0) is 31.3. The Bertz CT molecular complexity index is 1550. The van der Waals surface area contributed by atoms with Gasteiger partial charge in [-0.05, 0) is 67.1 Å². The van der Waals surface area contributed by atoms with Crippen LogP contribution in [-0.4, -0.2) is 54.7 Å². The number of esters is 1. The first-order chi connectivity index (χ1) is 20.1. The van der Waals surface area contributed by atoms with Gasteiger partial charge < -0.3 is 14.8 Å². The number of carbonyl (C=O) groups excluding carboxylic acids is 2. The minimum absolute atomic E-state index is 0.0284. The molecule has 1 fully saturated rings. The smallest absolute Gasteiger partial charge is 0.462 e. The minimum Gasteiger partial charge on any atom is -0.462 e. The summed E-state index contributed by atoms with van der Waals surface area (Å²) in [6, 6.07) is 7.54. The van der Waals surface area contributed by atoms with E-state index in [9.17, 15) is 44.7 Å². The first-order valence-corrected chi connectivity index (χ1v) is 12.7. The predicted octanol–water partition coefficient (Wildman–Crippen LogP) is 6.43. The van der Waals surface area contributed by atoms with Gasteiger partial charge in [0.15, 0.2) is 11.6 Å². The Hall–Kier alpha value is -4.40. The summed E-state index contributed by atoms with van der Waals surface area (Å²) in [4.78, 5) is 28.1. The second-order valence-corrected chi connectivity index (χ2v) is 9.84. The summed E-state index contributed by atoms with van der Waals surface area (Å²) in [5.74, 6) is -4.82. The molecule has 15 heteroatoms. The van der Waals surface area contributed by atoms with Gasteiger partial charge in [-0.1, -0.05) is 6.07 Å². The van der Waals surface area contributed by atoms with Gasteiger partial charge in [0.05, 0.1) is 17.7 Å². The molecule has 0 aromatic heterocycles. The van der Waals surface area contributed by atoms with Crippen molar-refractivity contribution in [3.05, 3.63) is 89.0 Å². The number of nitrogens with zero attached hydrogens (tertiary/aromatic N) is 2. The number of hydrogen-bond acceptors (Lipinski definition) is 6. The number of likely N-dealkylation sites (tertiary alicyclic amines) is 1. The van der Waals surface area contributed by atoms with E-state index in [1.54, 1.807) is 6.92 Å². The van der Waals surface area contributed by atoms with E-state index >= 15 is 0 Å². The van der Waals surface area contributed by atoms with Gasteiger partial charge in [-0.3, -0.25) is 14.6 Å². The van der Waals surface area contributed by atoms with Gasteiger partial charge >= 0.3 is 18.5 Å². The third-order valence-electron chi connectivity index (χ3n) is 6.95. The van der Waals surface area contributed by atoms with Crippen molar-refractivity contribution >= 4 is 23.3 Å². The van der Waals surface area contributed by atoms with Crippen LogP contribution in [0.2, 0.25) is 0 Å². The van der Waals surface area contributed by atoms with Crippen LogP contribution >= 0.6 is 0 Å². The number of halogens is 8. The third-order valence-corrected chi connectivity index (χ3v) is 6.95. The molecule has 3 aromatic rings. The second-order valence-electron chi connectivity index (χ2n) is 9.84. The highest BCUT2D eigenvalue weighted by Gasteiger charge is 2.59. The number of rotatable bonds is 6. The van der Waals surface area contributed by atoms with E-state index in [0.29, 0.717) is 12.1 Å². The number of hydrogen-bond donors (Lipinski definition) is 1. The van der Waals surface area contributed by atoms with Crippen LogP contribution in [0.25, 0.3) is 0 Å². The van der Waals surface area contributed by atoms with E-state index in [2.05, 4.69) is 10.1 Å². The molecule has 3 aromatic carbocycles. The lowest BCUT2D eigenvalue weighted by Crippen LogP contribution is -2.78. The summed E-state index contributed by atoms with van der Waals surface area (Å²) in [5, 5.41) is 3.03. The fourth-order valence-corrected chi connectivity index (χ4v) is 5.28. The van der Waals surface area contributed by atoms with Gasteiger partial charge in [-0.25, -0.2) is 13.6 Å². The highest BCUT2D eigenvalue weighted by molar-refractivity contribution is 6.13. The molecular formula is C28H21F8N3O4. The van der Waals surface area contributed by atoms with E-state index in [-0.39, 0.29) is 29.1 Å². The molecule has 2 aliphatic heterocycles. The largest absolute Gasteiger partial charge is 0.573 e. The quantitative estimate of drug-likeness (QED) is 0.255. The molecule has 43 heavy (non-hydrogen) atoms. The maximum absolute atomic E-state index is 14.3. The number of carbonyl (C=O) groups is 2. The second kappa shape index (κ2) is 10.7. The molecule has 0 bridgehead atoms. The van der Waals surface area contributed by atoms with Crippen LogP contribution < -0.4 is 15.0 Å². The van der Waals surface area contributed by atoms with Crippen LogP contribution in [-0.2, 0) is 4.74 Å². The molecule has 1 spiro atoms. The van der Waals surface area contributed by atoms with E-state index < -0.39 is 72.2 Å². The van der Waals surface area contributed by atoms with E-state index in [4.69, 9.17) is 4.74 Å². The van der Waals surface area contributed by atoms with Crippen molar-refractivity contribution in [1.29, 1.82) is 0 Å². The normalized spacial score (nSPS) is 17.1. The number of nitrogens with one attached hydrogen (secondary N) is 1. The van der Waals surface area contributed by atoms with Crippen LogP contribution in [0, 0.1) is 11.6 Å². The zero-order valence-electron chi connectivity index (χ0n) is 22.0. The lowest BCUT2D eigenvalue weighted by atomic mass is 9.87. The molecule has 1 unspecified atom stereocenters. The van der Waals surface area contributed by atoms with E-state index in [1.807, 2.05) is 0 Å². The van der Waals surface area contributed by atoms with Gasteiger partial charge in [0.25, 0.3) is 5.91 Å². The Labute approximate surface area is 238 Å². The first kappa shape index (κ1) is 30.1. The minimum atomic E-state index is -4.98. The zero-order valence-corrected chi connectivity index (χ0v) is 22.0.